The highest BCUT2D eigenvalue weighted by molar-refractivity contribution is 5.84. The molecule has 7 nitrogen and oxygen atoms in total. The van der Waals surface area contributed by atoms with Crippen LogP contribution in [0.4, 0.5) is 0 Å². The molecule has 26 heavy (non-hydrogen) atoms. The molecule has 0 saturated heterocycles. The number of hydrogen-bond acceptors (Lipinski definition) is 6. The molecule has 0 saturated carbocycles. The van der Waals surface area contributed by atoms with E-state index >= 15 is 0 Å². The van der Waals surface area contributed by atoms with E-state index < -0.39 is 5.63 Å². The van der Waals surface area contributed by atoms with E-state index in [4.69, 9.17) is 8.83 Å². The maximum absolute atomic E-state index is 11.9. The van der Waals surface area contributed by atoms with E-state index in [9.17, 15) is 20.1 Å². The molecule has 0 fully saturated rings. The summed E-state index contributed by atoms with van der Waals surface area (Å²) in [5.41, 5.74) is 0.975. The Kier molecular flexibility index (Phi) is 3.33. The summed E-state index contributed by atoms with van der Waals surface area (Å²) in [5, 5.41) is 30.5. The van der Waals surface area contributed by atoms with Crippen LogP contribution in [0.15, 0.2) is 50.0 Å². The predicted molar refractivity (Wildman–Crippen MR) is 94.0 cm³/mol. The topological polar surface area (TPSA) is 109 Å². The lowest BCUT2D eigenvalue weighted by molar-refractivity contribution is 0.402. The maximum atomic E-state index is 11.9. The predicted octanol–water partition coefficient (Wildman–Crippen LogP) is 3.58. The van der Waals surface area contributed by atoms with Crippen LogP contribution in [0, 0.1) is 13.8 Å². The fourth-order valence-electron chi connectivity index (χ4n) is 2.93. The third-order valence-electron chi connectivity index (χ3n) is 4.37. The minimum Gasteiger partial charge on any atom is -0.507 e. The van der Waals surface area contributed by atoms with Gasteiger partial charge in [-0.25, -0.2) is 4.79 Å². The van der Waals surface area contributed by atoms with Gasteiger partial charge in [-0.05, 0) is 38.1 Å². The van der Waals surface area contributed by atoms with Crippen molar-refractivity contribution < 1.29 is 24.2 Å². The molecule has 0 aliphatic carbocycles. The molecule has 1 aromatic carbocycles. The summed E-state index contributed by atoms with van der Waals surface area (Å²) in [5.74, 6) is 0.122. The summed E-state index contributed by atoms with van der Waals surface area (Å²) in [6, 6.07) is 9.49. The van der Waals surface area contributed by atoms with Gasteiger partial charge in [-0.15, -0.1) is 0 Å². The quantitative estimate of drug-likeness (QED) is 0.508. The molecule has 3 heterocycles. The van der Waals surface area contributed by atoms with Crippen LogP contribution in [0.3, 0.4) is 0 Å². The van der Waals surface area contributed by atoms with Crippen LogP contribution in [0.5, 0.6) is 17.5 Å². The van der Waals surface area contributed by atoms with Crippen LogP contribution in [0.25, 0.3) is 28.2 Å². The number of aromatic nitrogens is 1. The lowest BCUT2D eigenvalue weighted by atomic mass is 10.1. The SMILES string of the molecule is Cc1c(-c2cc3cc(-n4c(O)ccc4O)ccc3o2)oc(=O)c(C)c1O. The zero-order valence-corrected chi connectivity index (χ0v) is 14.0. The van der Waals surface area contributed by atoms with Crippen LogP contribution in [0.2, 0.25) is 0 Å². The lowest BCUT2D eigenvalue weighted by Crippen LogP contribution is -2.05. The number of nitrogens with zero attached hydrogens (tertiary/aromatic N) is 1. The fraction of sp³-hybridized carbons (Fsp3) is 0.105. The Morgan fingerprint density at radius 2 is 1.58 bits per heavy atom. The average molecular weight is 353 g/mol. The van der Waals surface area contributed by atoms with Gasteiger partial charge in [0.05, 0.1) is 11.3 Å². The third-order valence-corrected chi connectivity index (χ3v) is 4.37. The largest absolute Gasteiger partial charge is 0.507 e. The second kappa shape index (κ2) is 5.45. The summed E-state index contributed by atoms with van der Waals surface area (Å²) in [7, 11) is 0. The van der Waals surface area contributed by atoms with E-state index in [1.807, 2.05) is 0 Å². The Bertz CT molecular complexity index is 1190. The second-order valence-corrected chi connectivity index (χ2v) is 6.04. The lowest BCUT2D eigenvalue weighted by Gasteiger charge is -2.06. The molecule has 0 radical (unpaired) electrons. The van der Waals surface area contributed by atoms with Crippen molar-refractivity contribution in [2.45, 2.75) is 13.8 Å². The zero-order chi connectivity index (χ0) is 18.6. The summed E-state index contributed by atoms with van der Waals surface area (Å²) in [4.78, 5) is 11.9. The number of hydrogen-bond donors (Lipinski definition) is 3. The van der Waals surface area contributed by atoms with Crippen molar-refractivity contribution in [3.05, 3.63) is 57.9 Å². The summed E-state index contributed by atoms with van der Waals surface area (Å²) < 4.78 is 12.3. The summed E-state index contributed by atoms with van der Waals surface area (Å²) >= 11 is 0. The van der Waals surface area contributed by atoms with Crippen molar-refractivity contribution in [2.75, 3.05) is 0 Å². The van der Waals surface area contributed by atoms with Crippen LogP contribution in [-0.4, -0.2) is 19.9 Å². The first-order chi connectivity index (χ1) is 12.4. The zero-order valence-electron chi connectivity index (χ0n) is 14.0. The smallest absolute Gasteiger partial charge is 0.343 e. The number of rotatable bonds is 2. The third kappa shape index (κ3) is 2.25. The van der Waals surface area contributed by atoms with Gasteiger partial charge in [-0.3, -0.25) is 4.57 Å². The minimum absolute atomic E-state index is 0.101. The number of benzene rings is 1. The Labute approximate surface area is 147 Å². The molecule has 3 aromatic heterocycles. The van der Waals surface area contributed by atoms with Crippen LogP contribution in [-0.2, 0) is 0 Å². The number of furan rings is 1. The van der Waals surface area contributed by atoms with Crippen molar-refractivity contribution in [3.63, 3.8) is 0 Å². The molecule has 0 unspecified atom stereocenters. The fourth-order valence-corrected chi connectivity index (χ4v) is 2.93. The van der Waals surface area contributed by atoms with Gasteiger partial charge in [0.2, 0.25) is 0 Å². The summed E-state index contributed by atoms with van der Waals surface area (Å²) in [6.07, 6.45) is 0. The molecule has 0 spiro atoms. The van der Waals surface area contributed by atoms with Crippen LogP contribution < -0.4 is 5.63 Å². The standard InChI is InChI=1S/C19H15NO6/c1-9-17(23)10(2)19(24)26-18(9)14-8-11-7-12(3-4-13(11)25-14)20-15(21)5-6-16(20)22/h3-8,21-23H,1-2H3. The highest BCUT2D eigenvalue weighted by atomic mass is 16.4. The van der Waals surface area contributed by atoms with E-state index in [-0.39, 0.29) is 28.8 Å². The number of fused-ring (bicyclic) bond motifs is 1. The molecule has 4 aromatic rings. The van der Waals surface area contributed by atoms with Gasteiger partial charge in [0, 0.05) is 23.1 Å². The van der Waals surface area contributed by atoms with Crippen molar-refractivity contribution >= 4 is 11.0 Å². The Morgan fingerprint density at radius 3 is 2.27 bits per heavy atom. The van der Waals surface area contributed by atoms with Gasteiger partial charge in [-0.1, -0.05) is 0 Å². The van der Waals surface area contributed by atoms with E-state index in [0.717, 1.165) is 0 Å². The Hall–Kier alpha value is -3.61. The van der Waals surface area contributed by atoms with Crippen molar-refractivity contribution in [1.82, 2.24) is 4.57 Å². The Balaban J connectivity index is 1.89. The van der Waals surface area contributed by atoms with Gasteiger partial charge in [0.25, 0.3) is 0 Å². The molecule has 0 atom stereocenters. The molecular formula is C19H15NO6. The molecule has 3 N–H and O–H groups in total. The highest BCUT2D eigenvalue weighted by Crippen LogP contribution is 2.35. The molecule has 4 rings (SSSR count). The molecule has 132 valence electrons. The van der Waals surface area contributed by atoms with E-state index in [0.29, 0.717) is 28.0 Å². The normalized spacial score (nSPS) is 11.3. The molecule has 0 bridgehead atoms. The maximum Gasteiger partial charge on any atom is 0.343 e. The van der Waals surface area contributed by atoms with Gasteiger partial charge in [0.15, 0.2) is 23.3 Å². The van der Waals surface area contributed by atoms with E-state index in [1.54, 1.807) is 31.2 Å². The molecule has 0 aliphatic heterocycles. The van der Waals surface area contributed by atoms with Gasteiger partial charge in [0.1, 0.15) is 11.3 Å². The first-order valence-corrected chi connectivity index (χ1v) is 7.84. The first kappa shape index (κ1) is 15.9. The molecule has 0 amide bonds. The van der Waals surface area contributed by atoms with Crippen molar-refractivity contribution in [1.29, 1.82) is 0 Å². The van der Waals surface area contributed by atoms with Crippen LogP contribution in [0.1, 0.15) is 11.1 Å². The second-order valence-electron chi connectivity index (χ2n) is 6.04. The Morgan fingerprint density at radius 1 is 0.885 bits per heavy atom. The average Bonchev–Trinajstić information content (AvgIpc) is 3.18. The van der Waals surface area contributed by atoms with Crippen LogP contribution >= 0.6 is 0 Å². The van der Waals surface area contributed by atoms with E-state index in [2.05, 4.69) is 0 Å². The monoisotopic (exact) mass is 353 g/mol. The summed E-state index contributed by atoms with van der Waals surface area (Å²) in [6.45, 7) is 3.12. The van der Waals surface area contributed by atoms with E-state index in [1.165, 1.54) is 23.6 Å². The van der Waals surface area contributed by atoms with Crippen molar-refractivity contribution in [2.24, 2.45) is 0 Å². The highest BCUT2D eigenvalue weighted by Gasteiger charge is 2.18. The van der Waals surface area contributed by atoms with Gasteiger partial charge >= 0.3 is 5.63 Å². The molecular weight excluding hydrogens is 338 g/mol. The minimum atomic E-state index is -0.633. The molecule has 7 heteroatoms. The first-order valence-electron chi connectivity index (χ1n) is 7.84. The van der Waals surface area contributed by atoms with Gasteiger partial charge in [-0.2, -0.15) is 0 Å². The molecule has 0 aliphatic rings. The number of aromatic hydroxyl groups is 3. The van der Waals surface area contributed by atoms with Crippen molar-refractivity contribution in [3.8, 4) is 34.7 Å². The van der Waals surface area contributed by atoms with Gasteiger partial charge < -0.3 is 24.2 Å².